The summed E-state index contributed by atoms with van der Waals surface area (Å²) >= 11 is 0. The maximum absolute atomic E-state index is 8.66. The van der Waals surface area contributed by atoms with Crippen molar-refractivity contribution < 1.29 is 0 Å². The summed E-state index contributed by atoms with van der Waals surface area (Å²) < 4.78 is 0. The molecule has 0 rings (SSSR count). The molecule has 0 saturated heterocycles. The molecule has 0 aromatic rings. The van der Waals surface area contributed by atoms with Crippen molar-refractivity contribution in [2.24, 2.45) is 0 Å². The summed E-state index contributed by atoms with van der Waals surface area (Å²) in [5, 5.41) is 11.8. The van der Waals surface area contributed by atoms with Crippen LogP contribution in [0, 0.1) is 11.3 Å². The summed E-state index contributed by atoms with van der Waals surface area (Å²) in [7, 11) is 3.94. The van der Waals surface area contributed by atoms with Gasteiger partial charge in [0.25, 0.3) is 0 Å². The SMILES string of the molecule is CCCNC(C#N)CN(C)C. The number of hydrogen-bond acceptors (Lipinski definition) is 3. The Bertz CT molecular complexity index is 126. The number of nitrogens with zero attached hydrogens (tertiary/aromatic N) is 2. The molecule has 0 aromatic heterocycles. The highest BCUT2D eigenvalue weighted by Gasteiger charge is 2.05. The van der Waals surface area contributed by atoms with Gasteiger partial charge in [0.05, 0.1) is 6.07 Å². The van der Waals surface area contributed by atoms with Crippen LogP contribution >= 0.6 is 0 Å². The Kier molecular flexibility index (Phi) is 5.81. The van der Waals surface area contributed by atoms with Crippen molar-refractivity contribution in [1.82, 2.24) is 10.2 Å². The quantitative estimate of drug-likeness (QED) is 0.626. The molecule has 0 saturated carbocycles. The van der Waals surface area contributed by atoms with Gasteiger partial charge < -0.3 is 10.2 Å². The van der Waals surface area contributed by atoms with Gasteiger partial charge in [0, 0.05) is 6.54 Å². The molecule has 0 amide bonds. The van der Waals surface area contributed by atoms with Crippen LogP contribution in [0.2, 0.25) is 0 Å². The molecule has 0 aromatic carbocycles. The molecule has 1 unspecified atom stereocenters. The fraction of sp³-hybridized carbons (Fsp3) is 0.875. The molecular formula is C8H17N3. The lowest BCUT2D eigenvalue weighted by Gasteiger charge is -2.15. The van der Waals surface area contributed by atoms with Crippen LogP contribution in [-0.4, -0.2) is 38.1 Å². The molecule has 0 aliphatic heterocycles. The minimum Gasteiger partial charge on any atom is -0.307 e. The highest BCUT2D eigenvalue weighted by molar-refractivity contribution is 4.90. The molecule has 64 valence electrons. The highest BCUT2D eigenvalue weighted by atomic mass is 15.1. The summed E-state index contributed by atoms with van der Waals surface area (Å²) in [5.41, 5.74) is 0. The number of likely N-dealkylation sites (N-methyl/N-ethyl adjacent to an activating group) is 1. The lowest BCUT2D eigenvalue weighted by molar-refractivity contribution is 0.370. The zero-order valence-electron chi connectivity index (χ0n) is 7.59. The fourth-order valence-electron chi connectivity index (χ4n) is 0.835. The van der Waals surface area contributed by atoms with E-state index in [1.807, 2.05) is 19.0 Å². The van der Waals surface area contributed by atoms with Crippen molar-refractivity contribution in [3.05, 3.63) is 0 Å². The first-order chi connectivity index (χ1) is 5.20. The molecule has 3 nitrogen and oxygen atoms in total. The zero-order chi connectivity index (χ0) is 8.69. The van der Waals surface area contributed by atoms with Gasteiger partial charge in [-0.3, -0.25) is 0 Å². The number of hydrogen-bond donors (Lipinski definition) is 1. The first kappa shape index (κ1) is 10.4. The second-order valence-corrected chi connectivity index (χ2v) is 2.90. The van der Waals surface area contributed by atoms with E-state index in [0.717, 1.165) is 19.5 Å². The van der Waals surface area contributed by atoms with Crippen molar-refractivity contribution in [3.8, 4) is 6.07 Å². The van der Waals surface area contributed by atoms with E-state index in [-0.39, 0.29) is 6.04 Å². The summed E-state index contributed by atoms with van der Waals surface area (Å²) in [4.78, 5) is 2.01. The molecule has 0 aliphatic rings. The predicted molar refractivity (Wildman–Crippen MR) is 46.2 cm³/mol. The number of nitrogens with one attached hydrogen (secondary N) is 1. The van der Waals surface area contributed by atoms with Crippen LogP contribution in [0.3, 0.4) is 0 Å². The predicted octanol–water partition coefficient (Wildman–Crippen LogP) is 0.440. The lowest BCUT2D eigenvalue weighted by atomic mass is 10.3. The van der Waals surface area contributed by atoms with Gasteiger partial charge >= 0.3 is 0 Å². The maximum Gasteiger partial charge on any atom is 0.108 e. The Morgan fingerprint density at radius 1 is 1.55 bits per heavy atom. The Morgan fingerprint density at radius 2 is 2.18 bits per heavy atom. The van der Waals surface area contributed by atoms with E-state index in [1.54, 1.807) is 0 Å². The average molecular weight is 155 g/mol. The van der Waals surface area contributed by atoms with Crippen LogP contribution in [0.4, 0.5) is 0 Å². The van der Waals surface area contributed by atoms with Crippen LogP contribution < -0.4 is 5.32 Å². The van der Waals surface area contributed by atoms with E-state index in [2.05, 4.69) is 18.3 Å². The third kappa shape index (κ3) is 5.84. The summed E-state index contributed by atoms with van der Waals surface area (Å²) in [6, 6.07) is 2.19. The Hall–Kier alpha value is -0.590. The van der Waals surface area contributed by atoms with Gasteiger partial charge in [-0.05, 0) is 27.1 Å². The van der Waals surface area contributed by atoms with Crippen LogP contribution in [-0.2, 0) is 0 Å². The molecule has 0 spiro atoms. The molecular weight excluding hydrogens is 138 g/mol. The smallest absolute Gasteiger partial charge is 0.108 e. The van der Waals surface area contributed by atoms with E-state index in [1.165, 1.54) is 0 Å². The van der Waals surface area contributed by atoms with Gasteiger partial charge in [-0.2, -0.15) is 5.26 Å². The van der Waals surface area contributed by atoms with Crippen molar-refractivity contribution >= 4 is 0 Å². The summed E-state index contributed by atoms with van der Waals surface area (Å²) in [5.74, 6) is 0. The molecule has 1 N–H and O–H groups in total. The molecule has 11 heavy (non-hydrogen) atoms. The second kappa shape index (κ2) is 6.14. The van der Waals surface area contributed by atoms with Crippen LogP contribution in [0.1, 0.15) is 13.3 Å². The molecule has 0 aliphatic carbocycles. The van der Waals surface area contributed by atoms with Gasteiger partial charge in [0.15, 0.2) is 0 Å². The molecule has 0 fully saturated rings. The second-order valence-electron chi connectivity index (χ2n) is 2.90. The molecule has 0 bridgehead atoms. The van der Waals surface area contributed by atoms with E-state index in [4.69, 9.17) is 5.26 Å². The molecule has 3 heteroatoms. The summed E-state index contributed by atoms with van der Waals surface area (Å²) in [6.07, 6.45) is 1.08. The normalized spacial score (nSPS) is 13.0. The third-order valence-electron chi connectivity index (χ3n) is 1.34. The minimum absolute atomic E-state index is 0.0232. The van der Waals surface area contributed by atoms with Gasteiger partial charge in [-0.15, -0.1) is 0 Å². The Balaban J connectivity index is 3.52. The first-order valence-electron chi connectivity index (χ1n) is 3.98. The van der Waals surface area contributed by atoms with Crippen molar-refractivity contribution in [2.45, 2.75) is 19.4 Å². The van der Waals surface area contributed by atoms with E-state index < -0.39 is 0 Å². The Morgan fingerprint density at radius 3 is 2.55 bits per heavy atom. The number of nitriles is 1. The molecule has 0 radical (unpaired) electrons. The van der Waals surface area contributed by atoms with Crippen LogP contribution in [0.25, 0.3) is 0 Å². The van der Waals surface area contributed by atoms with E-state index in [9.17, 15) is 0 Å². The zero-order valence-corrected chi connectivity index (χ0v) is 7.59. The lowest BCUT2D eigenvalue weighted by Crippen LogP contribution is -2.37. The standard InChI is InChI=1S/C8H17N3/c1-4-5-10-8(6-9)7-11(2)3/h8,10H,4-5,7H2,1-3H3. The summed E-state index contributed by atoms with van der Waals surface area (Å²) in [6.45, 7) is 3.81. The van der Waals surface area contributed by atoms with Crippen molar-refractivity contribution in [1.29, 1.82) is 5.26 Å². The van der Waals surface area contributed by atoms with Crippen molar-refractivity contribution in [2.75, 3.05) is 27.2 Å². The van der Waals surface area contributed by atoms with Gasteiger partial charge in [0.1, 0.15) is 6.04 Å². The van der Waals surface area contributed by atoms with E-state index in [0.29, 0.717) is 0 Å². The minimum atomic E-state index is -0.0232. The average Bonchev–Trinajstić information content (AvgIpc) is 1.97. The van der Waals surface area contributed by atoms with E-state index >= 15 is 0 Å². The van der Waals surface area contributed by atoms with Crippen LogP contribution in [0.15, 0.2) is 0 Å². The van der Waals surface area contributed by atoms with Crippen LogP contribution in [0.5, 0.6) is 0 Å². The Labute approximate surface area is 69.0 Å². The maximum atomic E-state index is 8.66. The largest absolute Gasteiger partial charge is 0.307 e. The topological polar surface area (TPSA) is 39.1 Å². The highest BCUT2D eigenvalue weighted by Crippen LogP contribution is 1.84. The molecule has 1 atom stereocenters. The van der Waals surface area contributed by atoms with Crippen molar-refractivity contribution in [3.63, 3.8) is 0 Å². The van der Waals surface area contributed by atoms with Gasteiger partial charge in [-0.25, -0.2) is 0 Å². The number of rotatable bonds is 5. The fourth-order valence-corrected chi connectivity index (χ4v) is 0.835. The third-order valence-corrected chi connectivity index (χ3v) is 1.34. The first-order valence-corrected chi connectivity index (χ1v) is 3.98. The monoisotopic (exact) mass is 155 g/mol. The van der Waals surface area contributed by atoms with Gasteiger partial charge in [-0.1, -0.05) is 6.92 Å². The van der Waals surface area contributed by atoms with Gasteiger partial charge in [0.2, 0.25) is 0 Å². The molecule has 0 heterocycles.